The molecule has 1 aliphatic heterocycles. The SMILES string of the molecule is Cc1cc2nnc(SCC(=O)N3C(C)CCCC3C)n2c2ccccc12. The number of hydrogen-bond donors (Lipinski definition) is 0. The summed E-state index contributed by atoms with van der Waals surface area (Å²) in [6.07, 6.45) is 3.40. The third-order valence-corrected chi connectivity index (χ3v) is 6.29. The Balaban J connectivity index is 1.62. The smallest absolute Gasteiger partial charge is 0.233 e. The number of carbonyl (C=O) groups is 1. The van der Waals surface area contributed by atoms with E-state index >= 15 is 0 Å². The Hall–Kier alpha value is -2.08. The van der Waals surface area contributed by atoms with Crippen molar-refractivity contribution in [3.63, 3.8) is 0 Å². The van der Waals surface area contributed by atoms with Crippen molar-refractivity contribution in [3.05, 3.63) is 35.9 Å². The summed E-state index contributed by atoms with van der Waals surface area (Å²) in [7, 11) is 0. The van der Waals surface area contributed by atoms with Gasteiger partial charge in [0.25, 0.3) is 0 Å². The van der Waals surface area contributed by atoms with E-state index in [4.69, 9.17) is 0 Å². The van der Waals surface area contributed by atoms with Gasteiger partial charge in [0.05, 0.1) is 11.3 Å². The van der Waals surface area contributed by atoms with Crippen LogP contribution in [0, 0.1) is 6.92 Å². The molecule has 1 fully saturated rings. The van der Waals surface area contributed by atoms with Gasteiger partial charge < -0.3 is 4.90 Å². The molecule has 1 saturated heterocycles. The average molecular weight is 369 g/mol. The van der Waals surface area contributed by atoms with Crippen LogP contribution in [0.25, 0.3) is 16.6 Å². The maximum absolute atomic E-state index is 12.8. The van der Waals surface area contributed by atoms with Crippen molar-refractivity contribution >= 4 is 34.2 Å². The van der Waals surface area contributed by atoms with Crippen molar-refractivity contribution in [1.82, 2.24) is 19.5 Å². The molecule has 0 saturated carbocycles. The molecule has 2 atom stereocenters. The molecule has 3 heterocycles. The molecule has 4 rings (SSSR count). The second-order valence-corrected chi connectivity index (χ2v) is 8.18. The first-order valence-electron chi connectivity index (χ1n) is 9.23. The zero-order chi connectivity index (χ0) is 18.3. The van der Waals surface area contributed by atoms with Gasteiger partial charge in [-0.05, 0) is 57.7 Å². The van der Waals surface area contributed by atoms with E-state index in [-0.39, 0.29) is 5.91 Å². The van der Waals surface area contributed by atoms with Crippen molar-refractivity contribution in [2.45, 2.75) is 57.3 Å². The van der Waals surface area contributed by atoms with Gasteiger partial charge in [-0.15, -0.1) is 10.2 Å². The number of aryl methyl sites for hydroxylation is 1. The van der Waals surface area contributed by atoms with Crippen molar-refractivity contribution in [2.24, 2.45) is 0 Å². The van der Waals surface area contributed by atoms with Gasteiger partial charge in [0.15, 0.2) is 10.8 Å². The van der Waals surface area contributed by atoms with Crippen molar-refractivity contribution in [3.8, 4) is 0 Å². The van der Waals surface area contributed by atoms with E-state index in [9.17, 15) is 4.79 Å². The largest absolute Gasteiger partial charge is 0.337 e. The lowest BCUT2D eigenvalue weighted by Crippen LogP contribution is -2.48. The third kappa shape index (κ3) is 2.96. The molecule has 0 spiro atoms. The molecular formula is C20H24N4OS. The Kier molecular flexibility index (Phi) is 4.61. The van der Waals surface area contributed by atoms with E-state index in [1.54, 1.807) is 0 Å². The van der Waals surface area contributed by atoms with Gasteiger partial charge in [0.1, 0.15) is 0 Å². The Morgan fingerprint density at radius 1 is 1.19 bits per heavy atom. The number of pyridine rings is 1. The summed E-state index contributed by atoms with van der Waals surface area (Å²) in [5.74, 6) is 0.598. The minimum Gasteiger partial charge on any atom is -0.337 e. The van der Waals surface area contributed by atoms with Gasteiger partial charge in [-0.1, -0.05) is 30.0 Å². The summed E-state index contributed by atoms with van der Waals surface area (Å²) in [6, 6.07) is 11.0. The predicted molar refractivity (Wildman–Crippen MR) is 106 cm³/mol. The van der Waals surface area contributed by atoms with Crippen LogP contribution >= 0.6 is 11.8 Å². The van der Waals surface area contributed by atoms with Crippen LogP contribution in [0.4, 0.5) is 0 Å². The highest BCUT2D eigenvalue weighted by Gasteiger charge is 2.29. The maximum Gasteiger partial charge on any atom is 0.233 e. The summed E-state index contributed by atoms with van der Waals surface area (Å²) >= 11 is 1.48. The standard InChI is InChI=1S/C20H24N4OS/c1-13-11-18-21-22-20(24(18)17-10-5-4-9-16(13)17)26-12-19(25)23-14(2)7-6-8-15(23)3/h4-5,9-11,14-15H,6-8,12H2,1-3H3. The van der Waals surface area contributed by atoms with Gasteiger partial charge >= 0.3 is 0 Å². The monoisotopic (exact) mass is 368 g/mol. The predicted octanol–water partition coefficient (Wildman–Crippen LogP) is 4.07. The fourth-order valence-electron chi connectivity index (χ4n) is 4.08. The minimum atomic E-state index is 0.197. The maximum atomic E-state index is 12.8. The van der Waals surface area contributed by atoms with E-state index in [1.165, 1.54) is 29.1 Å². The number of piperidine rings is 1. The molecular weight excluding hydrogens is 344 g/mol. The first-order valence-corrected chi connectivity index (χ1v) is 10.2. The fraction of sp³-hybridized carbons (Fsp3) is 0.450. The lowest BCUT2D eigenvalue weighted by atomic mass is 9.98. The van der Waals surface area contributed by atoms with Crippen LogP contribution in [0.2, 0.25) is 0 Å². The van der Waals surface area contributed by atoms with E-state index < -0.39 is 0 Å². The first kappa shape index (κ1) is 17.3. The summed E-state index contributed by atoms with van der Waals surface area (Å²) in [5, 5.41) is 10.6. The molecule has 2 unspecified atom stereocenters. The lowest BCUT2D eigenvalue weighted by molar-refractivity contribution is -0.134. The molecule has 1 amide bonds. The van der Waals surface area contributed by atoms with E-state index in [2.05, 4.69) is 58.5 Å². The van der Waals surface area contributed by atoms with Crippen LogP contribution in [0.5, 0.6) is 0 Å². The number of aromatic nitrogens is 3. The van der Waals surface area contributed by atoms with Crippen LogP contribution < -0.4 is 0 Å². The van der Waals surface area contributed by atoms with Crippen molar-refractivity contribution < 1.29 is 4.79 Å². The highest BCUT2D eigenvalue weighted by molar-refractivity contribution is 7.99. The number of carbonyl (C=O) groups excluding carboxylic acids is 1. The highest BCUT2D eigenvalue weighted by Crippen LogP contribution is 2.27. The molecule has 26 heavy (non-hydrogen) atoms. The highest BCUT2D eigenvalue weighted by atomic mass is 32.2. The Labute approximate surface area is 157 Å². The average Bonchev–Trinajstić information content (AvgIpc) is 3.03. The third-order valence-electron chi connectivity index (χ3n) is 5.38. The quantitative estimate of drug-likeness (QED) is 0.654. The van der Waals surface area contributed by atoms with E-state index in [1.807, 2.05) is 12.1 Å². The molecule has 0 radical (unpaired) electrons. The summed E-state index contributed by atoms with van der Waals surface area (Å²) in [4.78, 5) is 14.9. The topological polar surface area (TPSA) is 50.5 Å². The number of nitrogens with zero attached hydrogens (tertiary/aromatic N) is 4. The number of fused-ring (bicyclic) bond motifs is 3. The molecule has 0 bridgehead atoms. The zero-order valence-corrected chi connectivity index (χ0v) is 16.3. The van der Waals surface area contributed by atoms with Gasteiger partial charge in [0.2, 0.25) is 5.91 Å². The van der Waals surface area contributed by atoms with E-state index in [0.29, 0.717) is 17.8 Å². The summed E-state index contributed by atoms with van der Waals surface area (Å²) in [6.45, 7) is 6.40. The zero-order valence-electron chi connectivity index (χ0n) is 15.5. The minimum absolute atomic E-state index is 0.197. The number of rotatable bonds is 3. The Morgan fingerprint density at radius 3 is 2.69 bits per heavy atom. The lowest BCUT2D eigenvalue weighted by Gasteiger charge is -2.39. The molecule has 2 aromatic heterocycles. The number of thioether (sulfide) groups is 1. The molecule has 1 aromatic carbocycles. The van der Waals surface area contributed by atoms with Crippen LogP contribution in [-0.4, -0.2) is 43.2 Å². The first-order chi connectivity index (χ1) is 12.6. The molecule has 3 aromatic rings. The fourth-order valence-corrected chi connectivity index (χ4v) is 4.90. The van der Waals surface area contributed by atoms with Gasteiger partial charge in [-0.25, -0.2) is 0 Å². The molecule has 1 aliphatic rings. The number of likely N-dealkylation sites (tertiary alicyclic amines) is 1. The molecule has 0 N–H and O–H groups in total. The number of amides is 1. The second-order valence-electron chi connectivity index (χ2n) is 7.24. The number of benzene rings is 1. The van der Waals surface area contributed by atoms with Crippen LogP contribution in [-0.2, 0) is 4.79 Å². The Bertz CT molecular complexity index is 957. The Morgan fingerprint density at radius 2 is 1.92 bits per heavy atom. The van der Waals surface area contributed by atoms with Crippen LogP contribution in [0.3, 0.4) is 0 Å². The number of hydrogen-bond acceptors (Lipinski definition) is 4. The second kappa shape index (κ2) is 6.91. The van der Waals surface area contributed by atoms with Crippen LogP contribution in [0.1, 0.15) is 38.7 Å². The molecule has 136 valence electrons. The van der Waals surface area contributed by atoms with Gasteiger partial charge in [0, 0.05) is 17.5 Å². The number of para-hydroxylation sites is 1. The summed E-state index contributed by atoms with van der Waals surface area (Å²) in [5.41, 5.74) is 3.10. The van der Waals surface area contributed by atoms with E-state index in [0.717, 1.165) is 29.2 Å². The van der Waals surface area contributed by atoms with Gasteiger partial charge in [-0.2, -0.15) is 0 Å². The normalized spacial score (nSPS) is 20.8. The van der Waals surface area contributed by atoms with Crippen molar-refractivity contribution in [1.29, 1.82) is 0 Å². The van der Waals surface area contributed by atoms with Crippen molar-refractivity contribution in [2.75, 3.05) is 5.75 Å². The van der Waals surface area contributed by atoms with Gasteiger partial charge in [-0.3, -0.25) is 9.20 Å². The summed E-state index contributed by atoms with van der Waals surface area (Å²) < 4.78 is 2.06. The molecule has 6 heteroatoms. The van der Waals surface area contributed by atoms with Crippen LogP contribution in [0.15, 0.2) is 35.5 Å². The molecule has 0 aliphatic carbocycles. The molecule has 5 nitrogen and oxygen atoms in total.